The average Bonchev–Trinajstić information content (AvgIpc) is 3.74. The van der Waals surface area contributed by atoms with E-state index in [9.17, 15) is 0 Å². The summed E-state index contributed by atoms with van der Waals surface area (Å²) in [5, 5.41) is 0. The Morgan fingerprint density at radius 2 is 1.87 bits per heavy atom. The van der Waals surface area contributed by atoms with Crippen molar-refractivity contribution in [1.29, 1.82) is 0 Å². The van der Waals surface area contributed by atoms with E-state index in [1.807, 2.05) is 12.4 Å². The molecule has 7 aliphatic carbocycles. The highest BCUT2D eigenvalue weighted by Gasteiger charge is 2.94. The molecule has 5 fully saturated rings. The van der Waals surface area contributed by atoms with E-state index >= 15 is 0 Å². The Balaban J connectivity index is 1.07. The van der Waals surface area contributed by atoms with E-state index in [-0.39, 0.29) is 5.41 Å². The second kappa shape index (κ2) is 7.61. The first kappa shape index (κ1) is 23.9. The zero-order valence-electron chi connectivity index (χ0n) is 24.1. The highest BCUT2D eigenvalue weighted by atomic mass is 15.0. The van der Waals surface area contributed by atoms with Crippen LogP contribution in [-0.2, 0) is 0 Å². The molecular weight excluding hydrogens is 460 g/mol. The van der Waals surface area contributed by atoms with Gasteiger partial charge in [0.15, 0.2) is 0 Å². The zero-order valence-corrected chi connectivity index (χ0v) is 24.1. The monoisotopic (exact) mass is 506 g/mol. The van der Waals surface area contributed by atoms with Crippen molar-refractivity contribution < 1.29 is 0 Å². The Kier molecular flexibility index (Phi) is 4.78. The van der Waals surface area contributed by atoms with Gasteiger partial charge in [-0.2, -0.15) is 0 Å². The topological polar surface area (TPSA) is 25.8 Å². The van der Waals surface area contributed by atoms with E-state index < -0.39 is 0 Å². The summed E-state index contributed by atoms with van der Waals surface area (Å²) in [4.78, 5) is 9.15. The van der Waals surface area contributed by atoms with Crippen molar-refractivity contribution in [3.8, 4) is 0 Å². The molecule has 0 aliphatic heterocycles. The van der Waals surface area contributed by atoms with Crippen LogP contribution >= 0.6 is 0 Å². The van der Waals surface area contributed by atoms with Crippen LogP contribution in [0.3, 0.4) is 0 Å². The molecule has 1 spiro atoms. The van der Waals surface area contributed by atoms with Crippen LogP contribution in [0.2, 0.25) is 0 Å². The highest BCUT2D eigenvalue weighted by molar-refractivity contribution is 5.83. The molecule has 7 aliphatic rings. The van der Waals surface area contributed by atoms with Gasteiger partial charge in [0, 0.05) is 23.4 Å². The quantitative estimate of drug-likeness (QED) is 0.407. The van der Waals surface area contributed by atoms with Gasteiger partial charge < -0.3 is 0 Å². The van der Waals surface area contributed by atoms with Gasteiger partial charge in [0.25, 0.3) is 0 Å². The van der Waals surface area contributed by atoms with Gasteiger partial charge in [0.1, 0.15) is 0 Å². The lowest BCUT2D eigenvalue weighted by atomic mass is 9.43. The van der Waals surface area contributed by atoms with Gasteiger partial charge in [-0.1, -0.05) is 51.2 Å². The van der Waals surface area contributed by atoms with Crippen molar-refractivity contribution in [1.82, 2.24) is 9.97 Å². The fourth-order valence-electron chi connectivity index (χ4n) is 12.7. The predicted molar refractivity (Wildman–Crippen MR) is 155 cm³/mol. The third-order valence-electron chi connectivity index (χ3n) is 14.3. The van der Waals surface area contributed by atoms with Crippen LogP contribution in [0.1, 0.15) is 91.2 Å². The Bertz CT molecular complexity index is 1300. The number of rotatable bonds is 4. The Hall–Kier alpha value is -1.96. The van der Waals surface area contributed by atoms with Crippen molar-refractivity contribution in [2.45, 2.75) is 85.5 Å². The standard InChI is InChI=1S/C36H46N2/c1-7-25-20(2)14-23(15-21(25)3)16-24-8-9-28-27-18-31-33-30-17-26(32-19-37-12-13-38-32)22(4)35(6,36(30,31)33)29(27)10-11-34(24,28)5/h12-13,17,19,23-24,27-31,33H,2,4,7-11,14-16,18H2,1,3,5-6H3. The molecular formula is C36H46N2. The molecule has 2 nitrogen and oxygen atoms in total. The Morgan fingerprint density at radius 1 is 1.03 bits per heavy atom. The SMILES string of the molecule is C=C1CC(CC2CCC3C4CC5C6C7C=C(c8cnccn8)C(=C)C(C)(C4CCC23C)C756)CC(C)=C1CC. The van der Waals surface area contributed by atoms with E-state index in [1.165, 1.54) is 68.1 Å². The molecule has 2 heteroatoms. The normalized spacial score (nSPS) is 50.1. The van der Waals surface area contributed by atoms with E-state index in [4.69, 9.17) is 11.6 Å². The minimum Gasteiger partial charge on any atom is -0.261 e. The molecule has 0 aromatic carbocycles. The summed E-state index contributed by atoms with van der Waals surface area (Å²) in [5.74, 6) is 6.96. The van der Waals surface area contributed by atoms with Crippen LogP contribution in [-0.4, -0.2) is 9.97 Å². The molecule has 11 atom stereocenters. The van der Waals surface area contributed by atoms with Crippen LogP contribution in [0.25, 0.3) is 5.57 Å². The largest absolute Gasteiger partial charge is 0.261 e. The molecule has 0 bridgehead atoms. The minimum absolute atomic E-state index is 0.247. The van der Waals surface area contributed by atoms with Crippen molar-refractivity contribution in [3.05, 3.63) is 65.8 Å². The maximum atomic E-state index is 4.88. The van der Waals surface area contributed by atoms with Gasteiger partial charge in [0.05, 0.1) is 11.9 Å². The van der Waals surface area contributed by atoms with Crippen LogP contribution in [0.4, 0.5) is 0 Å². The highest BCUT2D eigenvalue weighted by Crippen LogP contribution is 2.98. The smallest absolute Gasteiger partial charge is 0.0884 e. The first-order valence-corrected chi connectivity index (χ1v) is 15.8. The van der Waals surface area contributed by atoms with Crippen molar-refractivity contribution >= 4 is 5.57 Å². The van der Waals surface area contributed by atoms with Gasteiger partial charge >= 0.3 is 0 Å². The predicted octanol–water partition coefficient (Wildman–Crippen LogP) is 8.84. The average molecular weight is 507 g/mol. The molecule has 0 N–H and O–H groups in total. The maximum Gasteiger partial charge on any atom is 0.0884 e. The molecule has 5 saturated carbocycles. The van der Waals surface area contributed by atoms with Gasteiger partial charge in [-0.25, -0.2) is 0 Å². The van der Waals surface area contributed by atoms with Crippen molar-refractivity contribution in [3.63, 3.8) is 0 Å². The van der Waals surface area contributed by atoms with E-state index in [0.29, 0.717) is 10.8 Å². The summed E-state index contributed by atoms with van der Waals surface area (Å²) in [6, 6.07) is 0. The summed E-state index contributed by atoms with van der Waals surface area (Å²) >= 11 is 0. The maximum absolute atomic E-state index is 4.88. The zero-order chi connectivity index (χ0) is 26.2. The van der Waals surface area contributed by atoms with Crippen LogP contribution in [0.5, 0.6) is 0 Å². The van der Waals surface area contributed by atoms with Gasteiger partial charge in [-0.05, 0) is 134 Å². The lowest BCUT2D eigenvalue weighted by molar-refractivity contribution is -0.0854. The van der Waals surface area contributed by atoms with Crippen molar-refractivity contribution in [2.24, 2.45) is 63.6 Å². The number of hydrogen-bond donors (Lipinski definition) is 0. The summed E-state index contributed by atoms with van der Waals surface area (Å²) < 4.78 is 0. The number of hydrogen-bond acceptors (Lipinski definition) is 2. The van der Waals surface area contributed by atoms with Crippen LogP contribution in [0.15, 0.2) is 60.1 Å². The molecule has 0 radical (unpaired) electrons. The van der Waals surface area contributed by atoms with Crippen molar-refractivity contribution in [2.75, 3.05) is 0 Å². The minimum atomic E-state index is 0.247. The molecule has 1 aromatic rings. The van der Waals surface area contributed by atoms with E-state index in [0.717, 1.165) is 59.5 Å². The number of fused-ring (bicyclic) bond motifs is 6. The molecule has 1 heterocycles. The third-order valence-corrected chi connectivity index (χ3v) is 14.3. The molecule has 38 heavy (non-hydrogen) atoms. The summed E-state index contributed by atoms with van der Waals surface area (Å²) in [7, 11) is 0. The van der Waals surface area contributed by atoms with E-state index in [2.05, 4.69) is 45.3 Å². The summed E-state index contributed by atoms with van der Waals surface area (Å²) in [6.45, 7) is 19.5. The van der Waals surface area contributed by atoms with Gasteiger partial charge in [-0.3, -0.25) is 9.97 Å². The number of nitrogens with zero attached hydrogens (tertiary/aromatic N) is 2. The number of allylic oxidation sites excluding steroid dienone is 6. The summed E-state index contributed by atoms with van der Waals surface area (Å²) in [6.07, 6.45) is 20.6. The van der Waals surface area contributed by atoms with Crippen LogP contribution < -0.4 is 0 Å². The third kappa shape index (κ3) is 2.67. The van der Waals surface area contributed by atoms with Gasteiger partial charge in [0.2, 0.25) is 0 Å². The molecule has 8 rings (SSSR count). The molecule has 1 aromatic heterocycles. The number of aromatic nitrogens is 2. The van der Waals surface area contributed by atoms with E-state index in [1.54, 1.807) is 17.3 Å². The first-order chi connectivity index (χ1) is 18.3. The van der Waals surface area contributed by atoms with Crippen LogP contribution in [0, 0.1) is 63.6 Å². The Morgan fingerprint density at radius 3 is 2.61 bits per heavy atom. The second-order valence-electron chi connectivity index (χ2n) is 15.1. The lowest BCUT2D eigenvalue weighted by Crippen LogP contribution is -2.54. The van der Waals surface area contributed by atoms with Gasteiger partial charge in [-0.15, -0.1) is 0 Å². The second-order valence-corrected chi connectivity index (χ2v) is 15.1. The fourth-order valence-corrected chi connectivity index (χ4v) is 12.7. The summed E-state index contributed by atoms with van der Waals surface area (Å²) in [5.41, 5.74) is 9.76. The fraction of sp³-hybridized carbons (Fsp3) is 0.667. The Labute approximate surface area is 230 Å². The molecule has 200 valence electrons. The first-order valence-electron chi connectivity index (χ1n) is 15.8. The molecule has 0 saturated heterocycles. The molecule has 11 unspecified atom stereocenters. The molecule has 0 amide bonds. The lowest BCUT2D eigenvalue weighted by Gasteiger charge is -2.60.